The van der Waals surface area contributed by atoms with Gasteiger partial charge in [-0.2, -0.15) is 4.98 Å². The van der Waals surface area contributed by atoms with Gasteiger partial charge >= 0.3 is 6.09 Å². The normalized spacial score (nSPS) is 23.1. The van der Waals surface area contributed by atoms with E-state index in [1.807, 2.05) is 20.8 Å². The average molecular weight is 498 g/mol. The Balaban J connectivity index is 1.39. The quantitative estimate of drug-likeness (QED) is 0.614. The highest BCUT2D eigenvalue weighted by atomic mass is 32.2. The third kappa shape index (κ3) is 5.56. The Hall–Kier alpha value is -2.57. The summed E-state index contributed by atoms with van der Waals surface area (Å²) < 4.78 is 59.9. The fourth-order valence-electron chi connectivity index (χ4n) is 4.19. The summed E-state index contributed by atoms with van der Waals surface area (Å²) in [7, 11) is -3.68. The van der Waals surface area contributed by atoms with Gasteiger partial charge in [0.15, 0.2) is 9.84 Å². The van der Waals surface area contributed by atoms with E-state index >= 15 is 0 Å². The number of piperidine rings is 1. The number of rotatable bonds is 5. The maximum Gasteiger partial charge on any atom is 0.410 e. The van der Waals surface area contributed by atoms with Gasteiger partial charge in [-0.3, -0.25) is 0 Å². The molecule has 0 spiro atoms. The smallest absolute Gasteiger partial charge is 0.410 e. The maximum atomic E-state index is 14.2. The molecule has 2 saturated heterocycles. The number of halogens is 1. The molecule has 34 heavy (non-hydrogen) atoms. The second-order valence-electron chi connectivity index (χ2n) is 9.65. The predicted molar refractivity (Wildman–Crippen MR) is 117 cm³/mol. The lowest BCUT2D eigenvalue weighted by Gasteiger charge is -2.46. The first kappa shape index (κ1) is 24.6. The van der Waals surface area contributed by atoms with E-state index in [-0.39, 0.29) is 47.9 Å². The molecule has 2 bridgehead atoms. The number of carbonyl (C=O) groups is 1. The molecule has 2 atom stereocenters. The highest BCUT2D eigenvalue weighted by molar-refractivity contribution is 7.90. The van der Waals surface area contributed by atoms with Crippen LogP contribution in [0.3, 0.4) is 0 Å². The Morgan fingerprint density at radius 1 is 1.24 bits per heavy atom. The zero-order valence-electron chi connectivity index (χ0n) is 19.5. The third-order valence-electron chi connectivity index (χ3n) is 5.61. The van der Waals surface area contributed by atoms with E-state index in [0.29, 0.717) is 26.3 Å². The number of carbonyl (C=O) groups excluding carboxylic acids is 1. The molecule has 0 radical (unpaired) electrons. The molecule has 3 heterocycles. The van der Waals surface area contributed by atoms with E-state index in [4.69, 9.17) is 18.7 Å². The standard InChI is InChI=1S/C22H28FN3O7S/c1-22(2,3)32-21(27)26-8-14-10-30-11-15(9-26)19(14)31-12-18-24-20(25-33-18)13-5-6-17(16(23)7-13)34(4,28)29/h5-7,14-15,19H,8-12H2,1-4H3. The van der Waals surface area contributed by atoms with Gasteiger partial charge in [0.25, 0.3) is 5.89 Å². The molecule has 0 N–H and O–H groups in total. The molecule has 10 nitrogen and oxygen atoms in total. The van der Waals surface area contributed by atoms with E-state index in [1.165, 1.54) is 12.1 Å². The van der Waals surface area contributed by atoms with E-state index in [2.05, 4.69) is 10.1 Å². The molecule has 12 heteroatoms. The van der Waals surface area contributed by atoms with Crippen molar-refractivity contribution < 1.29 is 36.3 Å². The summed E-state index contributed by atoms with van der Waals surface area (Å²) in [4.78, 5) is 18.0. The monoisotopic (exact) mass is 497 g/mol. The Kier molecular flexibility index (Phi) is 6.67. The summed E-state index contributed by atoms with van der Waals surface area (Å²) in [5.74, 6) is -0.607. The molecule has 0 aliphatic carbocycles. The molecule has 2 unspecified atom stereocenters. The van der Waals surface area contributed by atoms with Crippen LogP contribution in [0.2, 0.25) is 0 Å². The molecule has 2 aromatic rings. The van der Waals surface area contributed by atoms with Crippen molar-refractivity contribution in [1.82, 2.24) is 15.0 Å². The number of hydrogen-bond acceptors (Lipinski definition) is 9. The van der Waals surface area contributed by atoms with Gasteiger partial charge in [0.05, 0.1) is 19.3 Å². The van der Waals surface area contributed by atoms with Gasteiger partial charge in [0, 0.05) is 36.7 Å². The number of hydrogen-bond donors (Lipinski definition) is 0. The van der Waals surface area contributed by atoms with Crippen molar-refractivity contribution in [1.29, 1.82) is 0 Å². The van der Waals surface area contributed by atoms with Gasteiger partial charge in [-0.1, -0.05) is 5.16 Å². The van der Waals surface area contributed by atoms with Crippen LogP contribution in [0.1, 0.15) is 26.7 Å². The fraction of sp³-hybridized carbons (Fsp3) is 0.591. The number of ether oxygens (including phenoxy) is 3. The lowest BCUT2D eigenvalue weighted by molar-refractivity contribution is -0.154. The van der Waals surface area contributed by atoms with E-state index in [0.717, 1.165) is 12.3 Å². The van der Waals surface area contributed by atoms with Crippen molar-refractivity contribution >= 4 is 15.9 Å². The summed E-state index contributed by atoms with van der Waals surface area (Å²) in [6.07, 6.45) is 0.431. The molecule has 0 saturated carbocycles. The Morgan fingerprint density at radius 3 is 2.50 bits per heavy atom. The van der Waals surface area contributed by atoms with E-state index in [1.54, 1.807) is 4.90 Å². The van der Waals surface area contributed by atoms with Crippen LogP contribution >= 0.6 is 0 Å². The highest BCUT2D eigenvalue weighted by Gasteiger charge is 2.43. The van der Waals surface area contributed by atoms with Crippen LogP contribution in [-0.2, 0) is 30.7 Å². The van der Waals surface area contributed by atoms with Crippen LogP contribution in [0.15, 0.2) is 27.6 Å². The van der Waals surface area contributed by atoms with Crippen molar-refractivity contribution in [2.45, 2.75) is 44.0 Å². The maximum absolute atomic E-state index is 14.2. The minimum absolute atomic E-state index is 0.0277. The molecule has 1 aromatic carbocycles. The highest BCUT2D eigenvalue weighted by Crippen LogP contribution is 2.32. The number of nitrogens with zero attached hydrogens (tertiary/aromatic N) is 3. The van der Waals surface area contributed by atoms with Gasteiger partial charge in [0.1, 0.15) is 22.9 Å². The SMILES string of the molecule is CC(C)(C)OC(=O)N1CC2COCC(C1)C2OCc1nc(-c2ccc(S(C)(=O)=O)c(F)c2)no1. The summed E-state index contributed by atoms with van der Waals surface area (Å²) in [5, 5.41) is 3.85. The van der Waals surface area contributed by atoms with Gasteiger partial charge < -0.3 is 23.6 Å². The van der Waals surface area contributed by atoms with Crippen LogP contribution < -0.4 is 0 Å². The van der Waals surface area contributed by atoms with Crippen LogP contribution in [0.5, 0.6) is 0 Å². The minimum atomic E-state index is -3.68. The van der Waals surface area contributed by atoms with E-state index in [9.17, 15) is 17.6 Å². The number of sulfone groups is 1. The molecular formula is C22H28FN3O7S. The number of amides is 1. The summed E-state index contributed by atoms with van der Waals surface area (Å²) >= 11 is 0. The molecular weight excluding hydrogens is 469 g/mol. The number of benzene rings is 1. The fourth-order valence-corrected chi connectivity index (χ4v) is 4.91. The lowest BCUT2D eigenvalue weighted by atomic mass is 9.84. The third-order valence-corrected chi connectivity index (χ3v) is 6.74. The zero-order chi connectivity index (χ0) is 24.7. The summed E-state index contributed by atoms with van der Waals surface area (Å²) in [5.41, 5.74) is -0.282. The van der Waals surface area contributed by atoms with Gasteiger partial charge in [0.2, 0.25) is 5.82 Å². The number of fused-ring (bicyclic) bond motifs is 2. The molecule has 1 aromatic heterocycles. The van der Waals surface area contributed by atoms with E-state index < -0.39 is 26.2 Å². The summed E-state index contributed by atoms with van der Waals surface area (Å²) in [6.45, 7) is 7.37. The van der Waals surface area contributed by atoms with Crippen molar-refractivity contribution in [3.8, 4) is 11.4 Å². The van der Waals surface area contributed by atoms with Crippen LogP contribution in [0.25, 0.3) is 11.4 Å². The zero-order valence-corrected chi connectivity index (χ0v) is 20.3. The van der Waals surface area contributed by atoms with Gasteiger partial charge in [-0.05, 0) is 39.0 Å². The number of likely N-dealkylation sites (tertiary alicyclic amines) is 1. The molecule has 2 aliphatic rings. The van der Waals surface area contributed by atoms with Crippen molar-refractivity contribution in [2.24, 2.45) is 11.8 Å². The summed E-state index contributed by atoms with van der Waals surface area (Å²) in [6, 6.07) is 3.65. The largest absolute Gasteiger partial charge is 0.444 e. The Bertz CT molecular complexity index is 1150. The first-order valence-corrected chi connectivity index (χ1v) is 12.8. The van der Waals surface area contributed by atoms with Gasteiger partial charge in [-0.25, -0.2) is 17.6 Å². The first-order valence-electron chi connectivity index (χ1n) is 10.9. The number of aromatic nitrogens is 2. The minimum Gasteiger partial charge on any atom is -0.444 e. The second kappa shape index (κ2) is 9.23. The van der Waals surface area contributed by atoms with Crippen molar-refractivity contribution in [3.63, 3.8) is 0 Å². The molecule has 2 aliphatic heterocycles. The topological polar surface area (TPSA) is 121 Å². The Labute approximate surface area is 197 Å². The first-order chi connectivity index (χ1) is 15.9. The van der Waals surface area contributed by atoms with Gasteiger partial charge in [-0.15, -0.1) is 0 Å². The van der Waals surface area contributed by atoms with Crippen molar-refractivity contribution in [2.75, 3.05) is 32.6 Å². The van der Waals surface area contributed by atoms with Crippen LogP contribution in [0.4, 0.5) is 9.18 Å². The van der Waals surface area contributed by atoms with Crippen LogP contribution in [0, 0.1) is 17.7 Å². The molecule has 4 rings (SSSR count). The molecule has 2 fully saturated rings. The van der Waals surface area contributed by atoms with Crippen molar-refractivity contribution in [3.05, 3.63) is 29.9 Å². The molecule has 1 amide bonds. The van der Waals surface area contributed by atoms with Crippen LogP contribution in [-0.4, -0.2) is 73.8 Å². The second-order valence-corrected chi connectivity index (χ2v) is 11.6. The average Bonchev–Trinajstić information content (AvgIpc) is 3.18. The predicted octanol–water partition coefficient (Wildman–Crippen LogP) is 2.68. The molecule has 186 valence electrons. The Morgan fingerprint density at radius 2 is 1.91 bits per heavy atom. The lowest BCUT2D eigenvalue weighted by Crippen LogP contribution is -2.58.